The van der Waals surface area contributed by atoms with Crippen molar-refractivity contribution in [3.8, 4) is 0 Å². The maximum atomic E-state index is 12.3. The molecule has 4 rings (SSSR count). The molecule has 0 N–H and O–H groups in total. The van der Waals surface area contributed by atoms with Crippen LogP contribution < -0.4 is 0 Å². The number of Topliss-reactive ketones (excluding diaryl/α,β-unsaturated/α-hetero) is 1. The van der Waals surface area contributed by atoms with E-state index in [2.05, 4.69) is 20.8 Å². The van der Waals surface area contributed by atoms with Crippen molar-refractivity contribution in [2.75, 3.05) is 0 Å². The minimum atomic E-state index is 0.329. The summed E-state index contributed by atoms with van der Waals surface area (Å²) in [5.41, 5.74) is 0.943. The first-order chi connectivity index (χ1) is 11.9. The highest BCUT2D eigenvalue weighted by atomic mass is 16.1. The van der Waals surface area contributed by atoms with Gasteiger partial charge in [-0.3, -0.25) is 4.79 Å². The molecule has 8 atom stereocenters. The monoisotopic (exact) mass is 344 g/mol. The third-order valence-electron chi connectivity index (χ3n) is 9.96. The standard InChI is InChI=1S/C24H40O/c1-5-6-17-11-13-23(3)18(15-17)7-8-19-21-10-9-20(16(2)25)24(21,4)14-12-22(19)23/h17-22H,5-15H2,1-4H3. The fourth-order valence-corrected chi connectivity index (χ4v) is 8.69. The second-order valence-electron chi connectivity index (χ2n) is 10.9. The number of rotatable bonds is 3. The highest BCUT2D eigenvalue weighted by molar-refractivity contribution is 5.79. The molecule has 0 aromatic rings. The van der Waals surface area contributed by atoms with Crippen LogP contribution in [0.4, 0.5) is 0 Å². The summed E-state index contributed by atoms with van der Waals surface area (Å²) < 4.78 is 0. The van der Waals surface area contributed by atoms with Crippen LogP contribution in [0, 0.1) is 46.3 Å². The molecule has 0 amide bonds. The molecule has 4 aliphatic carbocycles. The second-order valence-corrected chi connectivity index (χ2v) is 10.9. The lowest BCUT2D eigenvalue weighted by Crippen LogP contribution is -2.53. The van der Waals surface area contributed by atoms with Crippen LogP contribution in [0.3, 0.4) is 0 Å². The van der Waals surface area contributed by atoms with E-state index in [1.165, 1.54) is 70.6 Å². The molecule has 0 aliphatic heterocycles. The van der Waals surface area contributed by atoms with Gasteiger partial charge in [0.1, 0.15) is 5.78 Å². The Labute approximate surface area is 155 Å². The molecule has 1 nitrogen and oxygen atoms in total. The van der Waals surface area contributed by atoms with Gasteiger partial charge in [0, 0.05) is 5.92 Å². The van der Waals surface area contributed by atoms with Crippen LogP contribution >= 0.6 is 0 Å². The molecule has 0 aromatic carbocycles. The molecule has 0 heterocycles. The van der Waals surface area contributed by atoms with E-state index in [1.54, 1.807) is 0 Å². The summed E-state index contributed by atoms with van der Waals surface area (Å²) in [7, 11) is 0. The van der Waals surface area contributed by atoms with Crippen LogP contribution in [0.15, 0.2) is 0 Å². The second kappa shape index (κ2) is 6.38. The average Bonchev–Trinajstić information content (AvgIpc) is 2.93. The van der Waals surface area contributed by atoms with E-state index in [1.807, 2.05) is 6.92 Å². The maximum Gasteiger partial charge on any atom is 0.133 e. The SMILES string of the molecule is CCCC1CCC2(C)C(CCC3C2CCC2(C)C(C(C)=O)CCC32)C1. The Kier molecular flexibility index (Phi) is 4.61. The van der Waals surface area contributed by atoms with Crippen LogP contribution in [0.25, 0.3) is 0 Å². The van der Waals surface area contributed by atoms with Crippen LogP contribution in [0.2, 0.25) is 0 Å². The molecule has 0 radical (unpaired) electrons. The van der Waals surface area contributed by atoms with Gasteiger partial charge in [-0.15, -0.1) is 0 Å². The van der Waals surface area contributed by atoms with Gasteiger partial charge >= 0.3 is 0 Å². The fourth-order valence-electron chi connectivity index (χ4n) is 8.69. The number of carbonyl (C=O) groups is 1. The zero-order valence-electron chi connectivity index (χ0n) is 17.2. The van der Waals surface area contributed by atoms with E-state index < -0.39 is 0 Å². The minimum Gasteiger partial charge on any atom is -0.300 e. The van der Waals surface area contributed by atoms with Gasteiger partial charge in [0.05, 0.1) is 0 Å². The molecular weight excluding hydrogens is 304 g/mol. The van der Waals surface area contributed by atoms with Crippen molar-refractivity contribution in [3.05, 3.63) is 0 Å². The van der Waals surface area contributed by atoms with Gasteiger partial charge in [-0.05, 0) is 105 Å². The van der Waals surface area contributed by atoms with E-state index in [-0.39, 0.29) is 0 Å². The topological polar surface area (TPSA) is 17.1 Å². The summed E-state index contributed by atoms with van der Waals surface area (Å²) in [5.74, 6) is 5.57. The summed E-state index contributed by atoms with van der Waals surface area (Å²) in [5, 5.41) is 0. The molecule has 0 spiro atoms. The highest BCUT2D eigenvalue weighted by Gasteiger charge is 2.60. The van der Waals surface area contributed by atoms with Gasteiger partial charge in [0.2, 0.25) is 0 Å². The molecule has 25 heavy (non-hydrogen) atoms. The first-order valence-corrected chi connectivity index (χ1v) is 11.4. The molecule has 0 aromatic heterocycles. The molecule has 4 aliphatic rings. The number of hydrogen-bond acceptors (Lipinski definition) is 1. The maximum absolute atomic E-state index is 12.3. The molecule has 4 fully saturated rings. The van der Waals surface area contributed by atoms with E-state index >= 15 is 0 Å². The van der Waals surface area contributed by atoms with Crippen molar-refractivity contribution >= 4 is 5.78 Å². The predicted molar refractivity (Wildman–Crippen MR) is 104 cm³/mol. The van der Waals surface area contributed by atoms with Crippen molar-refractivity contribution < 1.29 is 4.79 Å². The molecule has 8 unspecified atom stereocenters. The lowest BCUT2D eigenvalue weighted by Gasteiger charge is -2.61. The molecule has 0 saturated heterocycles. The summed E-state index contributed by atoms with van der Waals surface area (Å²) in [6.45, 7) is 9.38. The van der Waals surface area contributed by atoms with E-state index in [0.29, 0.717) is 22.5 Å². The van der Waals surface area contributed by atoms with Crippen molar-refractivity contribution in [1.29, 1.82) is 0 Å². The number of hydrogen-bond donors (Lipinski definition) is 0. The van der Waals surface area contributed by atoms with E-state index in [4.69, 9.17) is 0 Å². The van der Waals surface area contributed by atoms with Crippen molar-refractivity contribution in [2.24, 2.45) is 46.3 Å². The number of ketones is 1. The lowest BCUT2D eigenvalue weighted by atomic mass is 9.44. The smallest absolute Gasteiger partial charge is 0.133 e. The third-order valence-corrected chi connectivity index (χ3v) is 9.96. The molecular formula is C24H40O. The average molecular weight is 345 g/mol. The first kappa shape index (κ1) is 18.1. The Hall–Kier alpha value is -0.330. The van der Waals surface area contributed by atoms with E-state index in [0.717, 1.165) is 29.6 Å². The number of carbonyl (C=O) groups excluding carboxylic acids is 1. The largest absolute Gasteiger partial charge is 0.300 e. The quantitative estimate of drug-likeness (QED) is 0.560. The lowest BCUT2D eigenvalue weighted by molar-refractivity contribution is -0.135. The fraction of sp³-hybridized carbons (Fsp3) is 0.958. The number of fused-ring (bicyclic) bond motifs is 5. The van der Waals surface area contributed by atoms with Gasteiger partial charge in [-0.2, -0.15) is 0 Å². The van der Waals surface area contributed by atoms with Crippen molar-refractivity contribution in [2.45, 2.75) is 98.3 Å². The zero-order chi connectivity index (χ0) is 17.8. The van der Waals surface area contributed by atoms with Crippen LogP contribution in [0.5, 0.6) is 0 Å². The molecule has 1 heteroatoms. The molecule has 0 bridgehead atoms. The zero-order valence-corrected chi connectivity index (χ0v) is 17.2. The van der Waals surface area contributed by atoms with Gasteiger partial charge < -0.3 is 0 Å². The van der Waals surface area contributed by atoms with Crippen LogP contribution in [-0.4, -0.2) is 5.78 Å². The summed E-state index contributed by atoms with van der Waals surface area (Å²) in [6, 6.07) is 0. The Bertz CT molecular complexity index is 524. The summed E-state index contributed by atoms with van der Waals surface area (Å²) in [4.78, 5) is 12.3. The van der Waals surface area contributed by atoms with Crippen LogP contribution in [-0.2, 0) is 4.79 Å². The van der Waals surface area contributed by atoms with E-state index in [9.17, 15) is 4.79 Å². The Morgan fingerprint density at radius 2 is 1.64 bits per heavy atom. The van der Waals surface area contributed by atoms with Gasteiger partial charge in [0.15, 0.2) is 0 Å². The Morgan fingerprint density at radius 1 is 0.920 bits per heavy atom. The Morgan fingerprint density at radius 3 is 2.36 bits per heavy atom. The van der Waals surface area contributed by atoms with Crippen molar-refractivity contribution in [3.63, 3.8) is 0 Å². The van der Waals surface area contributed by atoms with Crippen LogP contribution in [0.1, 0.15) is 98.3 Å². The van der Waals surface area contributed by atoms with Gasteiger partial charge in [-0.25, -0.2) is 0 Å². The van der Waals surface area contributed by atoms with Gasteiger partial charge in [0.25, 0.3) is 0 Å². The highest BCUT2D eigenvalue weighted by Crippen LogP contribution is 2.67. The Balaban J connectivity index is 1.55. The molecule has 142 valence electrons. The molecule has 4 saturated carbocycles. The normalized spacial score (nSPS) is 52.2. The predicted octanol–water partition coefficient (Wildman–Crippen LogP) is 6.65. The summed E-state index contributed by atoms with van der Waals surface area (Å²) >= 11 is 0. The van der Waals surface area contributed by atoms with Crippen molar-refractivity contribution in [1.82, 2.24) is 0 Å². The minimum absolute atomic E-state index is 0.329. The third kappa shape index (κ3) is 2.66. The summed E-state index contributed by atoms with van der Waals surface area (Å²) in [6.07, 6.45) is 15.5. The van der Waals surface area contributed by atoms with Gasteiger partial charge in [-0.1, -0.05) is 33.6 Å². The first-order valence-electron chi connectivity index (χ1n) is 11.4.